The summed E-state index contributed by atoms with van der Waals surface area (Å²) in [5.41, 5.74) is 1.50. The van der Waals surface area contributed by atoms with E-state index in [1.54, 1.807) is 12.1 Å². The van der Waals surface area contributed by atoms with Gasteiger partial charge in [0.1, 0.15) is 5.75 Å². The molecule has 1 aromatic rings. The van der Waals surface area contributed by atoms with Crippen molar-refractivity contribution in [1.82, 2.24) is 15.6 Å². The first-order valence-electron chi connectivity index (χ1n) is 5.20. The molecule has 0 unspecified atom stereocenters. The molecule has 3 N–H and O–H groups in total. The van der Waals surface area contributed by atoms with Gasteiger partial charge in [0.2, 0.25) is 5.91 Å². The second kappa shape index (κ2) is 6.07. The quantitative estimate of drug-likeness (QED) is 0.628. The molecular weight excluding hydrogens is 206 g/mol. The van der Waals surface area contributed by atoms with E-state index >= 15 is 0 Å². The maximum Gasteiger partial charge on any atom is 0.216 e. The summed E-state index contributed by atoms with van der Waals surface area (Å²) < 4.78 is 0. The van der Waals surface area contributed by atoms with Crippen LogP contribution in [0.15, 0.2) is 12.1 Å². The van der Waals surface area contributed by atoms with E-state index in [0.29, 0.717) is 25.3 Å². The van der Waals surface area contributed by atoms with Gasteiger partial charge in [0.15, 0.2) is 0 Å². The zero-order valence-corrected chi connectivity index (χ0v) is 9.58. The number of aromatic nitrogens is 1. The minimum Gasteiger partial charge on any atom is -0.506 e. The van der Waals surface area contributed by atoms with Crippen LogP contribution in [0.2, 0.25) is 0 Å². The molecule has 0 aromatic carbocycles. The topological polar surface area (TPSA) is 74.2 Å². The van der Waals surface area contributed by atoms with Gasteiger partial charge in [-0.1, -0.05) is 0 Å². The molecule has 0 aliphatic carbocycles. The minimum absolute atomic E-state index is 0.0432. The van der Waals surface area contributed by atoms with Gasteiger partial charge in [-0.15, -0.1) is 0 Å². The van der Waals surface area contributed by atoms with Crippen LogP contribution in [-0.4, -0.2) is 29.1 Å². The first-order valence-corrected chi connectivity index (χ1v) is 5.20. The molecule has 16 heavy (non-hydrogen) atoms. The van der Waals surface area contributed by atoms with Crippen molar-refractivity contribution in [2.75, 3.05) is 13.1 Å². The number of carbonyl (C=O) groups is 1. The molecule has 0 aliphatic rings. The molecule has 5 nitrogen and oxygen atoms in total. The minimum atomic E-state index is -0.0432. The molecule has 0 saturated heterocycles. The fourth-order valence-electron chi connectivity index (χ4n) is 1.27. The smallest absolute Gasteiger partial charge is 0.216 e. The van der Waals surface area contributed by atoms with Crippen LogP contribution in [0.4, 0.5) is 0 Å². The predicted molar refractivity (Wildman–Crippen MR) is 61.0 cm³/mol. The normalized spacial score (nSPS) is 10.1. The van der Waals surface area contributed by atoms with Crippen molar-refractivity contribution in [2.24, 2.45) is 0 Å². The lowest BCUT2D eigenvalue weighted by Gasteiger charge is -2.07. The average molecular weight is 223 g/mol. The molecule has 0 atom stereocenters. The number of rotatable bonds is 5. The fourth-order valence-corrected chi connectivity index (χ4v) is 1.27. The summed E-state index contributed by atoms with van der Waals surface area (Å²) in [6, 6.07) is 3.39. The van der Waals surface area contributed by atoms with Gasteiger partial charge in [-0.2, -0.15) is 0 Å². The molecule has 0 aliphatic heterocycles. The molecule has 0 radical (unpaired) electrons. The van der Waals surface area contributed by atoms with Crippen LogP contribution in [0.1, 0.15) is 18.3 Å². The number of nitrogens with zero attached hydrogens (tertiary/aromatic N) is 1. The van der Waals surface area contributed by atoms with E-state index in [1.807, 2.05) is 6.92 Å². The van der Waals surface area contributed by atoms with Crippen molar-refractivity contribution >= 4 is 5.91 Å². The van der Waals surface area contributed by atoms with Gasteiger partial charge in [0.05, 0.1) is 5.69 Å². The summed E-state index contributed by atoms with van der Waals surface area (Å²) >= 11 is 0. The van der Waals surface area contributed by atoms with Crippen molar-refractivity contribution in [3.63, 3.8) is 0 Å². The van der Waals surface area contributed by atoms with E-state index in [4.69, 9.17) is 0 Å². The van der Waals surface area contributed by atoms with Crippen LogP contribution < -0.4 is 10.6 Å². The number of hydrogen-bond acceptors (Lipinski definition) is 4. The number of pyridine rings is 1. The Morgan fingerprint density at radius 2 is 2.19 bits per heavy atom. The zero-order chi connectivity index (χ0) is 12.0. The monoisotopic (exact) mass is 223 g/mol. The molecule has 1 rings (SSSR count). The largest absolute Gasteiger partial charge is 0.506 e. The summed E-state index contributed by atoms with van der Waals surface area (Å²) in [5, 5.41) is 15.3. The molecule has 1 amide bonds. The Bertz CT molecular complexity index is 366. The molecule has 0 saturated carbocycles. The van der Waals surface area contributed by atoms with E-state index in [2.05, 4.69) is 15.6 Å². The van der Waals surface area contributed by atoms with E-state index in [0.717, 1.165) is 5.69 Å². The fraction of sp³-hybridized carbons (Fsp3) is 0.455. The molecule has 5 heteroatoms. The second-order valence-electron chi connectivity index (χ2n) is 3.58. The van der Waals surface area contributed by atoms with Crippen LogP contribution in [-0.2, 0) is 11.3 Å². The predicted octanol–water partition coefficient (Wildman–Crippen LogP) is 0.321. The van der Waals surface area contributed by atoms with Gasteiger partial charge in [-0.3, -0.25) is 9.78 Å². The number of aryl methyl sites for hydroxylation is 1. The third-order valence-corrected chi connectivity index (χ3v) is 2.06. The van der Waals surface area contributed by atoms with Crippen molar-refractivity contribution in [2.45, 2.75) is 20.4 Å². The van der Waals surface area contributed by atoms with Crippen LogP contribution in [0.5, 0.6) is 5.75 Å². The van der Waals surface area contributed by atoms with Gasteiger partial charge in [0.25, 0.3) is 0 Å². The lowest BCUT2D eigenvalue weighted by atomic mass is 10.3. The Hall–Kier alpha value is -1.62. The molecule has 1 aromatic heterocycles. The maximum atomic E-state index is 10.6. The first kappa shape index (κ1) is 12.4. The summed E-state index contributed by atoms with van der Waals surface area (Å²) in [6.07, 6.45) is 0. The van der Waals surface area contributed by atoms with Crippen molar-refractivity contribution in [1.29, 1.82) is 0 Å². The first-order chi connectivity index (χ1) is 7.59. The Morgan fingerprint density at radius 3 is 2.88 bits per heavy atom. The molecular formula is C11H17N3O2. The molecule has 0 fully saturated rings. The Kier molecular flexibility index (Phi) is 4.72. The molecule has 88 valence electrons. The summed E-state index contributed by atoms with van der Waals surface area (Å²) in [6.45, 7) is 5.07. The summed E-state index contributed by atoms with van der Waals surface area (Å²) in [5.74, 6) is 0.149. The standard InChI is InChI=1S/C11H17N3O2/c1-8-3-4-11(16)10(14-8)7-12-5-6-13-9(2)15/h3-4,12,16H,5-7H2,1-2H3,(H,13,15). The van der Waals surface area contributed by atoms with E-state index in [9.17, 15) is 9.90 Å². The molecule has 0 bridgehead atoms. The lowest BCUT2D eigenvalue weighted by Crippen LogP contribution is -2.30. The highest BCUT2D eigenvalue weighted by Crippen LogP contribution is 2.13. The molecule has 0 spiro atoms. The molecule has 1 heterocycles. The number of aromatic hydroxyl groups is 1. The number of carbonyl (C=O) groups excluding carboxylic acids is 1. The van der Waals surface area contributed by atoms with Gasteiger partial charge < -0.3 is 15.7 Å². The third-order valence-electron chi connectivity index (χ3n) is 2.06. The summed E-state index contributed by atoms with van der Waals surface area (Å²) in [7, 11) is 0. The van der Waals surface area contributed by atoms with Crippen molar-refractivity contribution in [3.05, 3.63) is 23.5 Å². The average Bonchev–Trinajstić information content (AvgIpc) is 2.22. The van der Waals surface area contributed by atoms with Gasteiger partial charge >= 0.3 is 0 Å². The van der Waals surface area contributed by atoms with Gasteiger partial charge in [-0.25, -0.2) is 0 Å². The second-order valence-corrected chi connectivity index (χ2v) is 3.58. The van der Waals surface area contributed by atoms with Crippen molar-refractivity contribution in [3.8, 4) is 5.75 Å². The maximum absolute atomic E-state index is 10.6. The van der Waals surface area contributed by atoms with E-state index in [-0.39, 0.29) is 11.7 Å². The number of hydrogen-bond donors (Lipinski definition) is 3. The Balaban J connectivity index is 2.31. The van der Waals surface area contributed by atoms with Gasteiger partial charge in [-0.05, 0) is 19.1 Å². The SMILES string of the molecule is CC(=O)NCCNCc1nc(C)ccc1O. The highest BCUT2D eigenvalue weighted by molar-refractivity contribution is 5.72. The number of amides is 1. The third kappa shape index (κ3) is 4.27. The van der Waals surface area contributed by atoms with Gasteiger partial charge in [0, 0.05) is 32.3 Å². The van der Waals surface area contributed by atoms with Crippen LogP contribution in [0.25, 0.3) is 0 Å². The van der Waals surface area contributed by atoms with Crippen LogP contribution in [0.3, 0.4) is 0 Å². The zero-order valence-electron chi connectivity index (χ0n) is 9.58. The van der Waals surface area contributed by atoms with Crippen LogP contribution in [0, 0.1) is 6.92 Å². The Morgan fingerprint density at radius 1 is 1.44 bits per heavy atom. The highest BCUT2D eigenvalue weighted by atomic mass is 16.3. The van der Waals surface area contributed by atoms with E-state index in [1.165, 1.54) is 6.92 Å². The van der Waals surface area contributed by atoms with Crippen molar-refractivity contribution < 1.29 is 9.90 Å². The Labute approximate surface area is 94.9 Å². The highest BCUT2D eigenvalue weighted by Gasteiger charge is 2.02. The van der Waals surface area contributed by atoms with Crippen LogP contribution >= 0.6 is 0 Å². The van der Waals surface area contributed by atoms with E-state index < -0.39 is 0 Å². The lowest BCUT2D eigenvalue weighted by molar-refractivity contribution is -0.118. The number of nitrogens with one attached hydrogen (secondary N) is 2. The summed E-state index contributed by atoms with van der Waals surface area (Å²) in [4.78, 5) is 14.8.